The molecular weight excluding hydrogens is 290 g/mol. The smallest absolute Gasteiger partial charge is 0.161 e. The fourth-order valence-corrected chi connectivity index (χ4v) is 3.35. The molecule has 0 radical (unpaired) electrons. The third-order valence-electron chi connectivity index (χ3n) is 4.46. The van der Waals surface area contributed by atoms with Gasteiger partial charge in [-0.2, -0.15) is 0 Å². The van der Waals surface area contributed by atoms with Gasteiger partial charge in [-0.15, -0.1) is 0 Å². The van der Waals surface area contributed by atoms with E-state index < -0.39 is 0 Å². The third-order valence-corrected chi connectivity index (χ3v) is 4.46. The summed E-state index contributed by atoms with van der Waals surface area (Å²) in [5, 5.41) is 0. The van der Waals surface area contributed by atoms with Crippen LogP contribution in [0, 0.1) is 0 Å². The quantitative estimate of drug-likeness (QED) is 0.834. The summed E-state index contributed by atoms with van der Waals surface area (Å²) in [6, 6.07) is 6.93. The second kappa shape index (κ2) is 8.52. The second-order valence-electron chi connectivity index (χ2n) is 6.17. The molecule has 0 bridgehead atoms. The van der Waals surface area contributed by atoms with E-state index in [4.69, 9.17) is 15.2 Å². The lowest BCUT2D eigenvalue weighted by Gasteiger charge is -2.42. The van der Waals surface area contributed by atoms with E-state index in [1.807, 2.05) is 19.9 Å². The molecule has 5 heteroatoms. The van der Waals surface area contributed by atoms with Crippen molar-refractivity contribution in [2.24, 2.45) is 5.73 Å². The molecule has 1 aliphatic rings. The lowest BCUT2D eigenvalue weighted by atomic mass is 10.0. The number of benzene rings is 1. The molecule has 1 aromatic rings. The van der Waals surface area contributed by atoms with Crippen LogP contribution in [-0.4, -0.2) is 62.3 Å². The van der Waals surface area contributed by atoms with Crippen LogP contribution in [0.1, 0.15) is 32.4 Å². The number of hydrogen-bond donors (Lipinski definition) is 1. The van der Waals surface area contributed by atoms with Crippen LogP contribution >= 0.6 is 0 Å². The normalized spacial score (nSPS) is 21.2. The van der Waals surface area contributed by atoms with Gasteiger partial charge < -0.3 is 20.1 Å². The number of likely N-dealkylation sites (N-methyl/N-ethyl adjacent to an activating group) is 1. The molecule has 2 N–H and O–H groups in total. The molecule has 0 spiro atoms. The first kappa shape index (κ1) is 18.0. The highest BCUT2D eigenvalue weighted by atomic mass is 16.5. The number of rotatable bonds is 7. The Kier molecular flexibility index (Phi) is 6.69. The molecule has 1 fully saturated rings. The predicted molar refractivity (Wildman–Crippen MR) is 94.2 cm³/mol. The zero-order chi connectivity index (χ0) is 16.8. The summed E-state index contributed by atoms with van der Waals surface area (Å²) in [5.74, 6) is 1.62. The van der Waals surface area contributed by atoms with Gasteiger partial charge in [-0.05, 0) is 45.5 Å². The van der Waals surface area contributed by atoms with E-state index in [0.29, 0.717) is 25.8 Å². The summed E-state index contributed by atoms with van der Waals surface area (Å²) in [5.41, 5.74) is 7.33. The van der Waals surface area contributed by atoms with E-state index in [1.165, 1.54) is 5.56 Å². The third kappa shape index (κ3) is 4.37. The van der Waals surface area contributed by atoms with E-state index in [2.05, 4.69) is 35.9 Å². The van der Waals surface area contributed by atoms with Gasteiger partial charge >= 0.3 is 0 Å². The van der Waals surface area contributed by atoms with E-state index >= 15 is 0 Å². The Labute approximate surface area is 140 Å². The molecule has 2 atom stereocenters. The predicted octanol–water partition coefficient (Wildman–Crippen LogP) is 2.12. The van der Waals surface area contributed by atoms with Crippen molar-refractivity contribution in [1.29, 1.82) is 0 Å². The number of hydrogen-bond acceptors (Lipinski definition) is 5. The number of nitrogens with two attached hydrogens (primary N) is 1. The topological polar surface area (TPSA) is 51.0 Å². The summed E-state index contributed by atoms with van der Waals surface area (Å²) in [7, 11) is 2.18. The molecule has 2 unspecified atom stereocenters. The van der Waals surface area contributed by atoms with E-state index in [9.17, 15) is 0 Å². The van der Waals surface area contributed by atoms with Gasteiger partial charge in [0.25, 0.3) is 0 Å². The minimum atomic E-state index is 0.216. The average molecular weight is 321 g/mol. The number of piperazine rings is 1. The maximum atomic E-state index is 6.13. The van der Waals surface area contributed by atoms with Gasteiger partial charge in [0.2, 0.25) is 0 Å². The van der Waals surface area contributed by atoms with Crippen LogP contribution < -0.4 is 15.2 Å². The minimum Gasteiger partial charge on any atom is -0.490 e. The fraction of sp³-hybridized carbons (Fsp3) is 0.667. The molecule has 1 saturated heterocycles. The maximum Gasteiger partial charge on any atom is 0.161 e. The van der Waals surface area contributed by atoms with Crippen molar-refractivity contribution in [3.63, 3.8) is 0 Å². The molecular formula is C18H31N3O2. The molecule has 0 aliphatic carbocycles. The molecule has 0 amide bonds. The van der Waals surface area contributed by atoms with Gasteiger partial charge in [0.15, 0.2) is 11.5 Å². The van der Waals surface area contributed by atoms with Crippen molar-refractivity contribution in [3.05, 3.63) is 23.8 Å². The highest BCUT2D eigenvalue weighted by Crippen LogP contribution is 2.33. The average Bonchev–Trinajstić information content (AvgIpc) is 2.53. The zero-order valence-corrected chi connectivity index (χ0v) is 14.9. The summed E-state index contributed by atoms with van der Waals surface area (Å²) in [6.45, 7) is 11.3. The lowest BCUT2D eigenvalue weighted by Crippen LogP contribution is -2.52. The maximum absolute atomic E-state index is 6.13. The Morgan fingerprint density at radius 3 is 2.48 bits per heavy atom. The Morgan fingerprint density at radius 2 is 1.87 bits per heavy atom. The molecule has 5 nitrogen and oxygen atoms in total. The Balaban J connectivity index is 2.24. The zero-order valence-electron chi connectivity index (χ0n) is 14.9. The molecule has 1 aromatic carbocycles. The SMILES string of the molecule is CCOc1ccc(C(CN)N2CCN(C)CC2C)cc1OCC. The Bertz CT molecular complexity index is 495. The van der Waals surface area contributed by atoms with Crippen LogP contribution in [-0.2, 0) is 0 Å². The van der Waals surface area contributed by atoms with Gasteiger partial charge in [0.1, 0.15) is 0 Å². The van der Waals surface area contributed by atoms with E-state index in [-0.39, 0.29) is 6.04 Å². The van der Waals surface area contributed by atoms with Crippen molar-refractivity contribution in [3.8, 4) is 11.5 Å². The molecule has 23 heavy (non-hydrogen) atoms. The minimum absolute atomic E-state index is 0.216. The molecule has 0 aromatic heterocycles. The van der Waals surface area contributed by atoms with Crippen molar-refractivity contribution < 1.29 is 9.47 Å². The first-order valence-corrected chi connectivity index (χ1v) is 8.64. The lowest BCUT2D eigenvalue weighted by molar-refractivity contribution is 0.0634. The highest BCUT2D eigenvalue weighted by molar-refractivity contribution is 5.44. The van der Waals surface area contributed by atoms with Gasteiger partial charge in [-0.1, -0.05) is 6.07 Å². The first-order chi connectivity index (χ1) is 11.1. The van der Waals surface area contributed by atoms with Gasteiger partial charge in [-0.3, -0.25) is 4.90 Å². The van der Waals surface area contributed by atoms with E-state index in [0.717, 1.165) is 31.1 Å². The standard InChI is InChI=1S/C18H31N3O2/c1-5-22-17-8-7-15(11-18(17)23-6-2)16(12-19)21-10-9-20(4)13-14(21)3/h7-8,11,14,16H,5-6,9-10,12-13,19H2,1-4H3. The summed E-state index contributed by atoms with van der Waals surface area (Å²) < 4.78 is 11.4. The van der Waals surface area contributed by atoms with Crippen LogP contribution in [0.2, 0.25) is 0 Å². The second-order valence-corrected chi connectivity index (χ2v) is 6.17. The van der Waals surface area contributed by atoms with Crippen LogP contribution in [0.25, 0.3) is 0 Å². The highest BCUT2D eigenvalue weighted by Gasteiger charge is 2.28. The molecule has 130 valence electrons. The van der Waals surface area contributed by atoms with Gasteiger partial charge in [-0.25, -0.2) is 0 Å². The van der Waals surface area contributed by atoms with Crippen LogP contribution in [0.3, 0.4) is 0 Å². The first-order valence-electron chi connectivity index (χ1n) is 8.64. The van der Waals surface area contributed by atoms with Gasteiger partial charge in [0, 0.05) is 38.3 Å². The molecule has 0 saturated carbocycles. The van der Waals surface area contributed by atoms with Gasteiger partial charge in [0.05, 0.1) is 13.2 Å². The number of ether oxygens (including phenoxy) is 2. The monoisotopic (exact) mass is 321 g/mol. The number of nitrogens with zero attached hydrogens (tertiary/aromatic N) is 2. The van der Waals surface area contributed by atoms with Crippen molar-refractivity contribution in [2.45, 2.75) is 32.9 Å². The largest absolute Gasteiger partial charge is 0.490 e. The van der Waals surface area contributed by atoms with Crippen molar-refractivity contribution >= 4 is 0 Å². The Morgan fingerprint density at radius 1 is 1.17 bits per heavy atom. The summed E-state index contributed by atoms with van der Waals surface area (Å²) in [6.07, 6.45) is 0. The van der Waals surface area contributed by atoms with Crippen molar-refractivity contribution in [1.82, 2.24) is 9.80 Å². The van der Waals surface area contributed by atoms with E-state index in [1.54, 1.807) is 0 Å². The molecule has 1 heterocycles. The fourth-order valence-electron chi connectivity index (χ4n) is 3.35. The summed E-state index contributed by atoms with van der Waals surface area (Å²) in [4.78, 5) is 4.88. The van der Waals surface area contributed by atoms with Crippen LogP contribution in [0.4, 0.5) is 0 Å². The van der Waals surface area contributed by atoms with Crippen LogP contribution in [0.5, 0.6) is 11.5 Å². The van der Waals surface area contributed by atoms with Crippen molar-refractivity contribution in [2.75, 3.05) is 46.4 Å². The summed E-state index contributed by atoms with van der Waals surface area (Å²) >= 11 is 0. The van der Waals surface area contributed by atoms with Crippen LogP contribution in [0.15, 0.2) is 18.2 Å². The molecule has 2 rings (SSSR count). The molecule has 1 aliphatic heterocycles. The Hall–Kier alpha value is -1.30.